The van der Waals surface area contributed by atoms with Gasteiger partial charge in [0.1, 0.15) is 0 Å². The van der Waals surface area contributed by atoms with Crippen molar-refractivity contribution in [2.45, 2.75) is 65.2 Å². The Hall–Kier alpha value is -1.10. The lowest BCUT2D eigenvalue weighted by molar-refractivity contribution is -0.143. The molecule has 1 aliphatic carbocycles. The number of nitrogens with two attached hydrogens (primary N) is 1. The number of aliphatic carboxylic acids is 2. The predicted molar refractivity (Wildman–Crippen MR) is 83.1 cm³/mol. The molecule has 0 spiro atoms. The highest BCUT2D eigenvalue weighted by Gasteiger charge is 2.24. The molecule has 124 valence electrons. The second-order valence-electron chi connectivity index (χ2n) is 5.90. The van der Waals surface area contributed by atoms with Gasteiger partial charge in [0.05, 0.1) is 11.8 Å². The average molecular weight is 301 g/mol. The van der Waals surface area contributed by atoms with Crippen LogP contribution in [-0.4, -0.2) is 28.7 Å². The predicted octanol–water partition coefficient (Wildman–Crippen LogP) is 3.12. The summed E-state index contributed by atoms with van der Waals surface area (Å²) < 4.78 is 0. The van der Waals surface area contributed by atoms with Gasteiger partial charge in [0.25, 0.3) is 0 Å². The Balaban J connectivity index is 0.000000384. The molecule has 1 aliphatic rings. The third-order valence-electron chi connectivity index (χ3n) is 4.15. The zero-order valence-corrected chi connectivity index (χ0v) is 13.4. The number of carbonyl (C=O) groups is 2. The van der Waals surface area contributed by atoms with E-state index in [4.69, 9.17) is 15.9 Å². The van der Waals surface area contributed by atoms with Crippen LogP contribution in [0.1, 0.15) is 65.2 Å². The molecule has 5 nitrogen and oxygen atoms in total. The maximum Gasteiger partial charge on any atom is 0.306 e. The van der Waals surface area contributed by atoms with Crippen LogP contribution in [0.3, 0.4) is 0 Å². The number of carboxylic acid groups (broad SMARTS) is 2. The molecule has 1 saturated carbocycles. The van der Waals surface area contributed by atoms with E-state index in [1.165, 1.54) is 0 Å². The van der Waals surface area contributed by atoms with Gasteiger partial charge in [-0.2, -0.15) is 0 Å². The van der Waals surface area contributed by atoms with Gasteiger partial charge in [-0.05, 0) is 51.0 Å². The summed E-state index contributed by atoms with van der Waals surface area (Å²) in [6, 6.07) is 0. The van der Waals surface area contributed by atoms with E-state index in [1.807, 2.05) is 13.8 Å². The van der Waals surface area contributed by atoms with Crippen LogP contribution < -0.4 is 5.73 Å². The van der Waals surface area contributed by atoms with Crippen LogP contribution in [0, 0.1) is 17.8 Å². The van der Waals surface area contributed by atoms with Gasteiger partial charge in [-0.1, -0.05) is 26.7 Å². The minimum atomic E-state index is -0.638. The Labute approximate surface area is 127 Å². The van der Waals surface area contributed by atoms with Crippen LogP contribution in [0.15, 0.2) is 0 Å². The van der Waals surface area contributed by atoms with Crippen molar-refractivity contribution in [3.05, 3.63) is 0 Å². The lowest BCUT2D eigenvalue weighted by atomic mass is 9.82. The lowest BCUT2D eigenvalue weighted by Gasteiger charge is -2.24. The van der Waals surface area contributed by atoms with Crippen LogP contribution in [0.4, 0.5) is 0 Å². The molecule has 0 saturated heterocycles. The van der Waals surface area contributed by atoms with E-state index in [0.717, 1.165) is 51.4 Å². The molecule has 0 heterocycles. The molecule has 0 radical (unpaired) electrons. The second-order valence-corrected chi connectivity index (χ2v) is 5.90. The zero-order valence-electron chi connectivity index (χ0n) is 13.4. The smallest absolute Gasteiger partial charge is 0.306 e. The van der Waals surface area contributed by atoms with Crippen molar-refractivity contribution in [2.75, 3.05) is 6.54 Å². The monoisotopic (exact) mass is 301 g/mol. The van der Waals surface area contributed by atoms with E-state index in [9.17, 15) is 9.59 Å². The van der Waals surface area contributed by atoms with Crippen LogP contribution in [-0.2, 0) is 9.59 Å². The Bertz CT molecular complexity index is 293. The maximum absolute atomic E-state index is 10.5. The van der Waals surface area contributed by atoms with Crippen molar-refractivity contribution in [1.29, 1.82) is 0 Å². The standard InChI is InChI=1S/C8H15NO2.C8H16O2/c9-5-6-1-3-7(4-2-6)8(10)11;1-3-5-7(6-4-2)8(9)10/h6-7H,1-5,9H2,(H,10,11);7H,3-6H2,1-2H3,(H,9,10)/t6-,7-;. The van der Waals surface area contributed by atoms with Crippen LogP contribution >= 0.6 is 0 Å². The Morgan fingerprint density at radius 3 is 1.81 bits per heavy atom. The van der Waals surface area contributed by atoms with E-state index >= 15 is 0 Å². The van der Waals surface area contributed by atoms with E-state index in [0.29, 0.717) is 12.5 Å². The van der Waals surface area contributed by atoms with Gasteiger partial charge in [0.2, 0.25) is 0 Å². The number of carboxylic acids is 2. The van der Waals surface area contributed by atoms with Crippen LogP contribution in [0.25, 0.3) is 0 Å². The van der Waals surface area contributed by atoms with Crippen LogP contribution in [0.5, 0.6) is 0 Å². The van der Waals surface area contributed by atoms with Crippen molar-refractivity contribution < 1.29 is 19.8 Å². The molecule has 0 aromatic carbocycles. The minimum Gasteiger partial charge on any atom is -0.481 e. The maximum atomic E-state index is 10.5. The van der Waals surface area contributed by atoms with Gasteiger partial charge >= 0.3 is 11.9 Å². The van der Waals surface area contributed by atoms with Crippen molar-refractivity contribution >= 4 is 11.9 Å². The van der Waals surface area contributed by atoms with Gasteiger partial charge in [0.15, 0.2) is 0 Å². The highest BCUT2D eigenvalue weighted by Crippen LogP contribution is 2.27. The van der Waals surface area contributed by atoms with Gasteiger partial charge in [0, 0.05) is 0 Å². The molecule has 0 atom stereocenters. The molecule has 5 heteroatoms. The van der Waals surface area contributed by atoms with Gasteiger partial charge in [-0.3, -0.25) is 9.59 Å². The SMILES string of the molecule is CCCC(CCC)C(=O)O.NC[C@H]1CC[C@H](C(=O)O)CC1. The fraction of sp³-hybridized carbons (Fsp3) is 0.875. The number of rotatable bonds is 7. The molecule has 0 amide bonds. The molecule has 0 bridgehead atoms. The fourth-order valence-corrected chi connectivity index (χ4v) is 2.73. The summed E-state index contributed by atoms with van der Waals surface area (Å²) in [5, 5.41) is 17.3. The average Bonchev–Trinajstić information content (AvgIpc) is 2.47. The third kappa shape index (κ3) is 8.71. The first-order valence-electron chi connectivity index (χ1n) is 8.11. The molecule has 0 aliphatic heterocycles. The summed E-state index contributed by atoms with van der Waals surface area (Å²) in [6.07, 6.45) is 7.20. The van der Waals surface area contributed by atoms with E-state index < -0.39 is 11.9 Å². The van der Waals surface area contributed by atoms with Crippen molar-refractivity contribution in [3.8, 4) is 0 Å². The topological polar surface area (TPSA) is 101 Å². The molecule has 4 N–H and O–H groups in total. The van der Waals surface area contributed by atoms with Crippen molar-refractivity contribution in [3.63, 3.8) is 0 Å². The lowest BCUT2D eigenvalue weighted by Crippen LogP contribution is -2.25. The molecule has 1 fully saturated rings. The highest BCUT2D eigenvalue weighted by molar-refractivity contribution is 5.70. The van der Waals surface area contributed by atoms with Crippen molar-refractivity contribution in [2.24, 2.45) is 23.5 Å². The molecule has 0 unspecified atom stereocenters. The summed E-state index contributed by atoms with van der Waals surface area (Å²) in [4.78, 5) is 21.0. The number of hydrogen-bond donors (Lipinski definition) is 3. The molecule has 1 rings (SSSR count). The minimum absolute atomic E-state index is 0.0993. The quantitative estimate of drug-likeness (QED) is 0.670. The molecule has 21 heavy (non-hydrogen) atoms. The first kappa shape index (κ1) is 19.9. The first-order chi connectivity index (χ1) is 9.96. The van der Waals surface area contributed by atoms with E-state index in [-0.39, 0.29) is 11.8 Å². The van der Waals surface area contributed by atoms with Gasteiger partial charge in [-0.15, -0.1) is 0 Å². The van der Waals surface area contributed by atoms with Crippen LogP contribution in [0.2, 0.25) is 0 Å². The second kappa shape index (κ2) is 11.5. The van der Waals surface area contributed by atoms with Crippen molar-refractivity contribution in [1.82, 2.24) is 0 Å². The Kier molecular flexibility index (Phi) is 10.9. The third-order valence-corrected chi connectivity index (χ3v) is 4.15. The summed E-state index contributed by atoms with van der Waals surface area (Å²) in [5.41, 5.74) is 5.48. The normalized spacial score (nSPS) is 21.5. The van der Waals surface area contributed by atoms with E-state index in [2.05, 4.69) is 0 Å². The molecule has 0 aromatic rings. The Morgan fingerprint density at radius 1 is 1.05 bits per heavy atom. The molecule has 0 aromatic heterocycles. The largest absolute Gasteiger partial charge is 0.481 e. The summed E-state index contributed by atoms with van der Waals surface area (Å²) >= 11 is 0. The Morgan fingerprint density at radius 2 is 1.52 bits per heavy atom. The summed E-state index contributed by atoms with van der Waals surface area (Å²) in [7, 11) is 0. The van der Waals surface area contributed by atoms with Gasteiger partial charge in [-0.25, -0.2) is 0 Å². The number of hydrogen-bond acceptors (Lipinski definition) is 3. The molecular formula is C16H31NO4. The summed E-state index contributed by atoms with van der Waals surface area (Å²) in [6.45, 7) is 4.75. The fourth-order valence-electron chi connectivity index (χ4n) is 2.73. The van der Waals surface area contributed by atoms with E-state index in [1.54, 1.807) is 0 Å². The molecular weight excluding hydrogens is 270 g/mol. The highest BCUT2D eigenvalue weighted by atomic mass is 16.4. The zero-order chi connectivity index (χ0) is 16.3. The summed E-state index contributed by atoms with van der Waals surface area (Å²) in [5.74, 6) is -0.900. The first-order valence-corrected chi connectivity index (χ1v) is 8.11. The van der Waals surface area contributed by atoms with Gasteiger partial charge < -0.3 is 15.9 Å².